The molecule has 0 aromatic heterocycles. The summed E-state index contributed by atoms with van der Waals surface area (Å²) in [6, 6.07) is -0.742. The average molecular weight is 335 g/mol. The Hall–Kier alpha value is -0.760. The quantitative estimate of drug-likeness (QED) is 0.810. The number of carboxylic acid groups (broad SMARTS) is 1. The van der Waals surface area contributed by atoms with Crippen molar-refractivity contribution in [2.45, 2.75) is 37.5 Å². The molecule has 2 rings (SSSR count). The van der Waals surface area contributed by atoms with Gasteiger partial charge >= 0.3 is 5.97 Å². The fourth-order valence-electron chi connectivity index (χ4n) is 2.84. The molecule has 0 aromatic rings. The summed E-state index contributed by atoms with van der Waals surface area (Å²) in [4.78, 5) is 25.0. The van der Waals surface area contributed by atoms with Crippen molar-refractivity contribution in [1.29, 1.82) is 0 Å². The Labute approximate surface area is 129 Å². The van der Waals surface area contributed by atoms with Crippen molar-refractivity contribution in [3.63, 3.8) is 0 Å². The predicted octanol–water partition coefficient (Wildman–Crippen LogP) is 0.618. The lowest BCUT2D eigenvalue weighted by molar-refractivity contribution is -0.151. The van der Waals surface area contributed by atoms with Crippen molar-refractivity contribution in [3.8, 4) is 0 Å². The SMILES string of the molecule is CC1CCN(C(=O)CSC2CCS(=O)(=O)C2)C(C(=O)O)C1. The lowest BCUT2D eigenvalue weighted by Gasteiger charge is -2.36. The van der Waals surface area contributed by atoms with Gasteiger partial charge in [0.2, 0.25) is 5.91 Å². The van der Waals surface area contributed by atoms with E-state index < -0.39 is 21.8 Å². The van der Waals surface area contributed by atoms with E-state index in [1.807, 2.05) is 6.92 Å². The first-order valence-electron chi connectivity index (χ1n) is 7.13. The number of carbonyl (C=O) groups is 2. The maximum absolute atomic E-state index is 12.2. The minimum absolute atomic E-state index is 0.0362. The monoisotopic (exact) mass is 335 g/mol. The summed E-state index contributed by atoms with van der Waals surface area (Å²) in [6.07, 6.45) is 1.89. The Morgan fingerprint density at radius 3 is 2.62 bits per heavy atom. The van der Waals surface area contributed by atoms with Gasteiger partial charge in [0, 0.05) is 11.8 Å². The number of nitrogens with zero attached hydrogens (tertiary/aromatic N) is 1. The number of piperidine rings is 1. The van der Waals surface area contributed by atoms with Crippen molar-refractivity contribution in [1.82, 2.24) is 4.90 Å². The van der Waals surface area contributed by atoms with Gasteiger partial charge in [0.15, 0.2) is 9.84 Å². The maximum Gasteiger partial charge on any atom is 0.326 e. The molecule has 0 spiro atoms. The van der Waals surface area contributed by atoms with Crippen molar-refractivity contribution in [2.75, 3.05) is 23.8 Å². The molecule has 120 valence electrons. The maximum atomic E-state index is 12.2. The molecule has 6 nitrogen and oxygen atoms in total. The first-order chi connectivity index (χ1) is 9.78. The van der Waals surface area contributed by atoms with Crippen LogP contribution in [0.15, 0.2) is 0 Å². The topological polar surface area (TPSA) is 91.8 Å². The van der Waals surface area contributed by atoms with E-state index in [0.717, 1.165) is 6.42 Å². The van der Waals surface area contributed by atoms with Gasteiger partial charge in [-0.2, -0.15) is 0 Å². The van der Waals surface area contributed by atoms with Gasteiger partial charge in [-0.1, -0.05) is 6.92 Å². The van der Waals surface area contributed by atoms with Gasteiger partial charge in [-0.05, 0) is 25.2 Å². The molecule has 2 heterocycles. The normalized spacial score (nSPS) is 32.0. The molecule has 2 fully saturated rings. The molecule has 21 heavy (non-hydrogen) atoms. The standard InChI is InChI=1S/C13H21NO5S2/c1-9-2-4-14(11(6-9)13(16)17)12(15)7-20-10-3-5-21(18,19)8-10/h9-11H,2-8H2,1H3,(H,16,17). The molecule has 0 bridgehead atoms. The molecular formula is C13H21NO5S2. The van der Waals surface area contributed by atoms with Crippen molar-refractivity contribution < 1.29 is 23.1 Å². The summed E-state index contributed by atoms with van der Waals surface area (Å²) in [7, 11) is -2.94. The fourth-order valence-corrected chi connectivity index (χ4v) is 6.37. The van der Waals surface area contributed by atoms with E-state index >= 15 is 0 Å². The first kappa shape index (κ1) is 16.6. The Kier molecular flexibility index (Phi) is 5.19. The highest BCUT2D eigenvalue weighted by atomic mass is 32.2. The molecule has 0 aromatic carbocycles. The van der Waals surface area contributed by atoms with Crippen LogP contribution in [0.1, 0.15) is 26.2 Å². The number of rotatable bonds is 4. The molecule has 2 aliphatic heterocycles. The van der Waals surface area contributed by atoms with Crippen LogP contribution in [-0.2, 0) is 19.4 Å². The number of aliphatic carboxylic acids is 1. The lowest BCUT2D eigenvalue weighted by Crippen LogP contribution is -2.50. The number of amides is 1. The zero-order valence-electron chi connectivity index (χ0n) is 12.0. The van der Waals surface area contributed by atoms with Crippen LogP contribution in [0.5, 0.6) is 0 Å². The van der Waals surface area contributed by atoms with Gasteiger partial charge in [0.1, 0.15) is 6.04 Å². The van der Waals surface area contributed by atoms with E-state index in [1.165, 1.54) is 16.7 Å². The summed E-state index contributed by atoms with van der Waals surface area (Å²) in [5.74, 6) is -0.352. The zero-order chi connectivity index (χ0) is 15.6. The number of carboxylic acids is 1. The number of hydrogen-bond donors (Lipinski definition) is 1. The number of sulfone groups is 1. The molecule has 8 heteroatoms. The van der Waals surface area contributed by atoms with E-state index in [-0.39, 0.29) is 28.4 Å². The number of likely N-dealkylation sites (tertiary alicyclic amines) is 1. The molecule has 0 saturated carbocycles. The van der Waals surface area contributed by atoms with E-state index in [1.54, 1.807) is 0 Å². The van der Waals surface area contributed by atoms with E-state index in [4.69, 9.17) is 0 Å². The van der Waals surface area contributed by atoms with Crippen LogP contribution in [-0.4, -0.2) is 65.4 Å². The molecule has 3 atom stereocenters. The van der Waals surface area contributed by atoms with Crippen LogP contribution in [0.3, 0.4) is 0 Å². The summed E-state index contributed by atoms with van der Waals surface area (Å²) < 4.78 is 22.8. The summed E-state index contributed by atoms with van der Waals surface area (Å²) in [5, 5.41) is 9.21. The van der Waals surface area contributed by atoms with Gasteiger partial charge in [-0.3, -0.25) is 4.79 Å². The second kappa shape index (κ2) is 6.56. The molecule has 1 amide bonds. The summed E-state index contributed by atoms with van der Waals surface area (Å²) in [5.41, 5.74) is 0. The van der Waals surface area contributed by atoms with Crippen molar-refractivity contribution >= 4 is 33.5 Å². The Morgan fingerprint density at radius 1 is 1.33 bits per heavy atom. The fraction of sp³-hybridized carbons (Fsp3) is 0.846. The molecule has 2 aliphatic rings. The van der Waals surface area contributed by atoms with E-state index in [9.17, 15) is 23.1 Å². The van der Waals surface area contributed by atoms with Gasteiger partial charge in [-0.25, -0.2) is 13.2 Å². The van der Waals surface area contributed by atoms with Gasteiger partial charge in [-0.15, -0.1) is 11.8 Å². The summed E-state index contributed by atoms with van der Waals surface area (Å²) >= 11 is 1.34. The highest BCUT2D eigenvalue weighted by molar-refractivity contribution is 8.02. The van der Waals surface area contributed by atoms with E-state index in [0.29, 0.717) is 25.3 Å². The third-order valence-corrected chi connectivity index (χ3v) is 7.37. The third-order valence-electron chi connectivity index (χ3n) is 4.10. The lowest BCUT2D eigenvalue weighted by atomic mass is 9.92. The van der Waals surface area contributed by atoms with Crippen LogP contribution in [0.2, 0.25) is 0 Å². The smallest absolute Gasteiger partial charge is 0.326 e. The molecule has 0 aliphatic carbocycles. The van der Waals surface area contributed by atoms with Crippen LogP contribution in [0, 0.1) is 5.92 Å². The number of carbonyl (C=O) groups excluding carboxylic acids is 1. The van der Waals surface area contributed by atoms with Crippen LogP contribution >= 0.6 is 11.8 Å². The second-order valence-corrected chi connectivity index (χ2v) is 9.42. The Morgan fingerprint density at radius 2 is 2.05 bits per heavy atom. The molecule has 1 N–H and O–H groups in total. The Bertz CT molecular complexity index is 519. The van der Waals surface area contributed by atoms with Crippen molar-refractivity contribution in [2.24, 2.45) is 5.92 Å². The second-order valence-electron chi connectivity index (χ2n) is 5.91. The highest BCUT2D eigenvalue weighted by Gasteiger charge is 2.35. The van der Waals surface area contributed by atoms with Crippen molar-refractivity contribution in [3.05, 3.63) is 0 Å². The molecule has 3 unspecified atom stereocenters. The number of thioether (sulfide) groups is 1. The molecule has 0 radical (unpaired) electrons. The highest BCUT2D eigenvalue weighted by Crippen LogP contribution is 2.27. The van der Waals surface area contributed by atoms with Crippen LogP contribution in [0.4, 0.5) is 0 Å². The minimum Gasteiger partial charge on any atom is -0.480 e. The van der Waals surface area contributed by atoms with Gasteiger partial charge in [0.25, 0.3) is 0 Å². The molecular weight excluding hydrogens is 314 g/mol. The van der Waals surface area contributed by atoms with Crippen LogP contribution < -0.4 is 0 Å². The largest absolute Gasteiger partial charge is 0.480 e. The van der Waals surface area contributed by atoms with Gasteiger partial charge < -0.3 is 10.0 Å². The number of hydrogen-bond acceptors (Lipinski definition) is 5. The minimum atomic E-state index is -2.94. The molecule has 2 saturated heterocycles. The van der Waals surface area contributed by atoms with E-state index in [2.05, 4.69) is 0 Å². The third kappa shape index (κ3) is 4.35. The summed E-state index contributed by atoms with van der Waals surface area (Å²) in [6.45, 7) is 2.47. The predicted molar refractivity (Wildman–Crippen MR) is 81.1 cm³/mol. The Balaban J connectivity index is 1.88. The first-order valence-corrected chi connectivity index (χ1v) is 10.00. The van der Waals surface area contributed by atoms with Gasteiger partial charge in [0.05, 0.1) is 17.3 Å². The zero-order valence-corrected chi connectivity index (χ0v) is 13.7. The van der Waals surface area contributed by atoms with Crippen LogP contribution in [0.25, 0.3) is 0 Å². The average Bonchev–Trinajstić information content (AvgIpc) is 2.75.